The number of carbonyl (C=O) groups is 1. The third-order valence-corrected chi connectivity index (χ3v) is 5.86. The summed E-state index contributed by atoms with van der Waals surface area (Å²) < 4.78 is 5.57. The molecule has 0 heterocycles. The molecule has 1 N–H and O–H groups in total. The zero-order valence-corrected chi connectivity index (χ0v) is 22.5. The molecule has 0 atom stereocenters. The van der Waals surface area contributed by atoms with Gasteiger partial charge in [-0.15, -0.1) is 0 Å². The van der Waals surface area contributed by atoms with Crippen molar-refractivity contribution in [2.45, 2.75) is 77.7 Å². The van der Waals surface area contributed by atoms with Crippen LogP contribution in [0.2, 0.25) is 0 Å². The minimum absolute atomic E-state index is 0. The molecule has 0 aromatic heterocycles. The van der Waals surface area contributed by atoms with Crippen LogP contribution in [-0.4, -0.2) is 43.3 Å². The zero-order chi connectivity index (χ0) is 24.4. The maximum Gasteiger partial charge on any atom is 0.337 e. The van der Waals surface area contributed by atoms with E-state index in [0.717, 1.165) is 11.0 Å². The normalized spacial score (nSPS) is 10.6. The van der Waals surface area contributed by atoms with Crippen molar-refractivity contribution >= 4 is 5.97 Å². The molecule has 0 fully saturated rings. The fourth-order valence-corrected chi connectivity index (χ4v) is 3.90. The molecule has 0 bridgehead atoms. The molecule has 4 nitrogen and oxygen atoms in total. The highest BCUT2D eigenvalue weighted by molar-refractivity contribution is 5.89. The summed E-state index contributed by atoms with van der Waals surface area (Å²) in [6.07, 6.45) is 14.2. The molecule has 0 saturated heterocycles. The van der Waals surface area contributed by atoms with Gasteiger partial charge in [0.1, 0.15) is 12.3 Å². The number of ether oxygens (including phenoxy) is 1. The lowest BCUT2D eigenvalue weighted by molar-refractivity contribution is -0.903. The van der Waals surface area contributed by atoms with E-state index in [-0.39, 0.29) is 18.2 Å². The van der Waals surface area contributed by atoms with E-state index in [1.807, 2.05) is 0 Å². The van der Waals surface area contributed by atoms with Crippen LogP contribution in [0.3, 0.4) is 0 Å². The topological polar surface area (TPSA) is 46.5 Å². The Morgan fingerprint density at radius 1 is 0.794 bits per heavy atom. The molecule has 0 spiro atoms. The smallest absolute Gasteiger partial charge is 0.337 e. The molecule has 192 valence electrons. The lowest BCUT2D eigenvalue weighted by atomic mass is 10.1. The number of rotatable bonds is 14. The number of quaternary nitrogens is 1. The third kappa shape index (κ3) is 15.7. The summed E-state index contributed by atoms with van der Waals surface area (Å²) >= 11 is 0. The van der Waals surface area contributed by atoms with E-state index >= 15 is 0 Å². The molecule has 34 heavy (non-hydrogen) atoms. The number of unbranched alkanes of at least 4 members (excludes halogenated alkanes) is 9. The molecule has 0 saturated carbocycles. The molecule has 0 unspecified atom stereocenters. The SMILES string of the molecule is CCCCCCCCCCCC[N+](C)(C)Cc1ccccc1.COC(=O)c1ccc(O)cc1.[Cl-]. The molecular weight excluding hydrogens is 446 g/mol. The standard InChI is InChI=1S/C21H38N.C8H8O3.ClH/c1-4-5-6-7-8-9-10-11-12-16-19-22(2,3)20-21-17-14-13-15-18-21;1-11-8(10)6-2-4-7(9)5-3-6;/h13-15,17-18H,4-12,16,19-20H2,1-3H3;2-5,9H,1H3;1H/q+1;;/p-1. The van der Waals surface area contributed by atoms with Gasteiger partial charge in [-0.1, -0.05) is 88.6 Å². The predicted octanol–water partition coefficient (Wildman–Crippen LogP) is 4.37. The number of hydrogen-bond donors (Lipinski definition) is 1. The Balaban J connectivity index is 0.000000763. The van der Waals surface area contributed by atoms with Crippen LogP contribution in [0.25, 0.3) is 0 Å². The number of carbonyl (C=O) groups excluding carboxylic acids is 1. The maximum absolute atomic E-state index is 10.8. The Morgan fingerprint density at radius 2 is 1.29 bits per heavy atom. The first kappa shape index (κ1) is 32.0. The average molecular weight is 492 g/mol. The van der Waals surface area contributed by atoms with Crippen LogP contribution in [0, 0.1) is 0 Å². The van der Waals surface area contributed by atoms with Crippen LogP contribution in [0.1, 0.15) is 87.1 Å². The van der Waals surface area contributed by atoms with Crippen molar-refractivity contribution in [2.24, 2.45) is 0 Å². The van der Waals surface area contributed by atoms with Gasteiger partial charge in [-0.25, -0.2) is 4.79 Å². The second kappa shape index (κ2) is 19.3. The van der Waals surface area contributed by atoms with E-state index in [2.05, 4.69) is 56.1 Å². The van der Waals surface area contributed by atoms with Gasteiger partial charge in [0.05, 0.1) is 33.3 Å². The van der Waals surface area contributed by atoms with Crippen LogP contribution in [0.5, 0.6) is 5.75 Å². The summed E-state index contributed by atoms with van der Waals surface area (Å²) in [6.45, 7) is 4.74. The maximum atomic E-state index is 10.8. The van der Waals surface area contributed by atoms with Crippen molar-refractivity contribution in [2.75, 3.05) is 27.7 Å². The van der Waals surface area contributed by atoms with Crippen molar-refractivity contribution < 1.29 is 31.5 Å². The zero-order valence-electron chi connectivity index (χ0n) is 21.8. The summed E-state index contributed by atoms with van der Waals surface area (Å²) in [5, 5.41) is 8.86. The summed E-state index contributed by atoms with van der Waals surface area (Å²) in [6, 6.07) is 16.8. The Labute approximate surface area is 214 Å². The molecule has 0 aliphatic carbocycles. The van der Waals surface area contributed by atoms with Gasteiger partial charge in [0.2, 0.25) is 0 Å². The van der Waals surface area contributed by atoms with Crippen molar-refractivity contribution in [3.63, 3.8) is 0 Å². The summed E-state index contributed by atoms with van der Waals surface area (Å²) in [4.78, 5) is 10.8. The molecule has 0 aliphatic heterocycles. The first-order valence-electron chi connectivity index (χ1n) is 12.6. The first-order chi connectivity index (χ1) is 15.9. The highest BCUT2D eigenvalue weighted by Crippen LogP contribution is 2.14. The minimum atomic E-state index is -0.398. The second-order valence-electron chi connectivity index (χ2n) is 9.52. The fraction of sp³-hybridized carbons (Fsp3) is 0.552. The van der Waals surface area contributed by atoms with Gasteiger partial charge in [-0.3, -0.25) is 0 Å². The van der Waals surface area contributed by atoms with Crippen LogP contribution in [0.15, 0.2) is 54.6 Å². The molecule has 2 rings (SSSR count). The van der Waals surface area contributed by atoms with Crippen molar-refractivity contribution in [3.8, 4) is 5.75 Å². The number of phenolic OH excluding ortho intramolecular Hbond substituents is 1. The highest BCUT2D eigenvalue weighted by Gasteiger charge is 2.14. The number of esters is 1. The minimum Gasteiger partial charge on any atom is -1.00 e. The van der Waals surface area contributed by atoms with E-state index in [9.17, 15) is 4.79 Å². The van der Waals surface area contributed by atoms with Gasteiger partial charge < -0.3 is 26.7 Å². The molecule has 5 heteroatoms. The van der Waals surface area contributed by atoms with Crippen molar-refractivity contribution in [3.05, 3.63) is 65.7 Å². The second-order valence-corrected chi connectivity index (χ2v) is 9.52. The van der Waals surface area contributed by atoms with E-state index in [0.29, 0.717) is 5.56 Å². The highest BCUT2D eigenvalue weighted by atomic mass is 35.5. The fourth-order valence-electron chi connectivity index (χ4n) is 3.90. The molecule has 2 aromatic rings. The molecule has 0 aliphatic rings. The van der Waals surface area contributed by atoms with Crippen LogP contribution < -0.4 is 12.4 Å². The number of aromatic hydroxyl groups is 1. The van der Waals surface area contributed by atoms with Crippen LogP contribution >= 0.6 is 0 Å². The summed E-state index contributed by atoms with van der Waals surface area (Å²) in [5.41, 5.74) is 1.89. The van der Waals surface area contributed by atoms with Crippen LogP contribution in [-0.2, 0) is 11.3 Å². The summed E-state index contributed by atoms with van der Waals surface area (Å²) in [7, 11) is 6.04. The number of benzene rings is 2. The van der Waals surface area contributed by atoms with Gasteiger partial charge in [-0.05, 0) is 37.1 Å². The molecule has 0 radical (unpaired) electrons. The van der Waals surface area contributed by atoms with Crippen LogP contribution in [0.4, 0.5) is 0 Å². The number of hydrogen-bond acceptors (Lipinski definition) is 3. The number of methoxy groups -OCH3 is 1. The average Bonchev–Trinajstić information content (AvgIpc) is 2.81. The monoisotopic (exact) mass is 491 g/mol. The predicted molar refractivity (Wildman–Crippen MR) is 138 cm³/mol. The van der Waals surface area contributed by atoms with Gasteiger partial charge in [0.15, 0.2) is 0 Å². The van der Waals surface area contributed by atoms with Gasteiger partial charge in [-0.2, -0.15) is 0 Å². The lowest BCUT2D eigenvalue weighted by Crippen LogP contribution is -3.00. The lowest BCUT2D eigenvalue weighted by Gasteiger charge is -2.30. The van der Waals surface area contributed by atoms with Gasteiger partial charge in [0, 0.05) is 5.56 Å². The molecule has 0 amide bonds. The summed E-state index contributed by atoms with van der Waals surface area (Å²) in [5.74, 6) is -0.261. The van der Waals surface area contributed by atoms with E-state index in [1.165, 1.54) is 108 Å². The number of nitrogens with zero attached hydrogens (tertiary/aromatic N) is 1. The quantitative estimate of drug-likeness (QED) is 0.242. The van der Waals surface area contributed by atoms with Gasteiger partial charge in [0.25, 0.3) is 0 Å². The van der Waals surface area contributed by atoms with E-state index in [4.69, 9.17) is 5.11 Å². The van der Waals surface area contributed by atoms with E-state index < -0.39 is 5.97 Å². The van der Waals surface area contributed by atoms with Crippen molar-refractivity contribution in [1.82, 2.24) is 0 Å². The Kier molecular flexibility index (Phi) is 18.1. The number of halogens is 1. The third-order valence-electron chi connectivity index (χ3n) is 5.86. The Bertz CT molecular complexity index is 748. The Morgan fingerprint density at radius 3 is 1.79 bits per heavy atom. The number of phenols is 1. The van der Waals surface area contributed by atoms with E-state index in [1.54, 1.807) is 0 Å². The first-order valence-corrected chi connectivity index (χ1v) is 12.6. The molecule has 2 aromatic carbocycles. The Hall–Kier alpha value is -2.04. The van der Waals surface area contributed by atoms with Gasteiger partial charge >= 0.3 is 5.97 Å². The molecular formula is C29H46ClNO3. The largest absolute Gasteiger partial charge is 1.00 e. The van der Waals surface area contributed by atoms with Crippen molar-refractivity contribution in [1.29, 1.82) is 0 Å².